The van der Waals surface area contributed by atoms with Crippen molar-refractivity contribution < 1.29 is 0 Å². The third kappa shape index (κ3) is 5.20. The summed E-state index contributed by atoms with van der Waals surface area (Å²) in [6.45, 7) is 2.75. The summed E-state index contributed by atoms with van der Waals surface area (Å²) in [7, 11) is 2.87. The number of hydrogen-bond acceptors (Lipinski definition) is 3. The fraction of sp³-hybridized carbons (Fsp3) is 1.00. The molecule has 0 spiro atoms. The van der Waals surface area contributed by atoms with Crippen LogP contribution in [0.1, 0.15) is 0 Å². The van der Waals surface area contributed by atoms with Crippen molar-refractivity contribution in [3.05, 3.63) is 0 Å². The maximum atomic E-state index is 5.75. The highest BCUT2D eigenvalue weighted by Gasteiger charge is 2.26. The second-order valence-corrected chi connectivity index (χ2v) is 4.81. The number of hydrogen-bond donors (Lipinski definition) is 0. The van der Waals surface area contributed by atoms with Crippen LogP contribution in [0.15, 0.2) is 0 Å². The minimum atomic E-state index is 0.670. The molecule has 0 atom stereocenters. The fourth-order valence-electron chi connectivity index (χ4n) is 1.77. The van der Waals surface area contributed by atoms with Gasteiger partial charge in [0.05, 0.1) is 0 Å². The predicted octanol–water partition coefficient (Wildman–Crippen LogP) is -0.578. The van der Waals surface area contributed by atoms with E-state index in [1.54, 1.807) is 0 Å². The van der Waals surface area contributed by atoms with Crippen LogP contribution in [0.25, 0.3) is 0 Å². The quantitative estimate of drug-likeness (QED) is 0.471. The van der Waals surface area contributed by atoms with Crippen LogP contribution in [0.4, 0.5) is 0 Å². The van der Waals surface area contributed by atoms with Crippen molar-refractivity contribution in [3.63, 3.8) is 0 Å². The summed E-state index contributed by atoms with van der Waals surface area (Å²) in [4.78, 5) is 0. The van der Waals surface area contributed by atoms with E-state index in [0.717, 1.165) is 42.3 Å². The first kappa shape index (κ1) is 14.0. The average molecular weight is 268 g/mol. The van der Waals surface area contributed by atoms with Gasteiger partial charge in [-0.25, -0.2) is 0 Å². The summed E-state index contributed by atoms with van der Waals surface area (Å²) >= 11 is 17.3. The van der Waals surface area contributed by atoms with Gasteiger partial charge in [0.15, 0.2) is 0 Å². The van der Waals surface area contributed by atoms with E-state index in [4.69, 9.17) is 34.8 Å². The second-order valence-electron chi connectivity index (χ2n) is 3.67. The fourth-order valence-corrected chi connectivity index (χ4v) is 2.48. The van der Waals surface area contributed by atoms with Gasteiger partial charge in [-0.1, -0.05) is 0 Å². The van der Waals surface area contributed by atoms with E-state index in [-0.39, 0.29) is 0 Å². The lowest BCUT2D eigenvalue weighted by Crippen LogP contribution is -2.62. The van der Waals surface area contributed by atoms with Gasteiger partial charge in [0.1, 0.15) is 0 Å². The van der Waals surface area contributed by atoms with E-state index in [9.17, 15) is 0 Å². The van der Waals surface area contributed by atoms with Gasteiger partial charge in [-0.2, -0.15) is 0 Å². The highest BCUT2D eigenvalue weighted by molar-refractivity contribution is 6.64. The molecule has 15 heavy (non-hydrogen) atoms. The zero-order valence-electron chi connectivity index (χ0n) is 8.84. The van der Waals surface area contributed by atoms with Crippen LogP contribution < -0.4 is 0 Å². The Morgan fingerprint density at radius 2 is 0.867 bits per heavy atom. The Morgan fingerprint density at radius 1 is 0.600 bits per heavy atom. The zero-order chi connectivity index (χ0) is 11.1. The standard InChI is InChI=1S/C6H15B3Cl3N3/c10-1-4-13-7-14(5-2-11)9-15(8-13)6-3-12/h7-9H,1-6H2. The van der Waals surface area contributed by atoms with E-state index >= 15 is 0 Å². The molecule has 1 saturated heterocycles. The number of rotatable bonds is 6. The van der Waals surface area contributed by atoms with Crippen LogP contribution in [0.5, 0.6) is 0 Å². The highest BCUT2D eigenvalue weighted by atomic mass is 35.5. The summed E-state index contributed by atoms with van der Waals surface area (Å²) < 4.78 is 6.95. The van der Waals surface area contributed by atoms with Gasteiger partial charge in [-0.3, -0.25) is 0 Å². The van der Waals surface area contributed by atoms with Crippen molar-refractivity contribution >= 4 is 57.5 Å². The molecule has 9 heteroatoms. The van der Waals surface area contributed by atoms with Crippen LogP contribution in [0.2, 0.25) is 0 Å². The molecule has 0 radical (unpaired) electrons. The van der Waals surface area contributed by atoms with Crippen molar-refractivity contribution in [1.29, 1.82) is 0 Å². The largest absolute Gasteiger partial charge is 0.362 e. The van der Waals surface area contributed by atoms with Crippen molar-refractivity contribution in [2.45, 2.75) is 0 Å². The molecule has 0 N–H and O–H groups in total. The molecule has 0 amide bonds. The average Bonchev–Trinajstić information content (AvgIpc) is 2.19. The van der Waals surface area contributed by atoms with Gasteiger partial charge >= 0.3 is 0 Å². The highest BCUT2D eigenvalue weighted by Crippen LogP contribution is 2.02. The number of nitrogens with zero attached hydrogens (tertiary/aromatic N) is 3. The van der Waals surface area contributed by atoms with Crippen molar-refractivity contribution in [2.75, 3.05) is 37.3 Å². The van der Waals surface area contributed by atoms with Crippen LogP contribution in [0, 0.1) is 0 Å². The molecule has 0 aromatic rings. The molecule has 0 saturated carbocycles. The third-order valence-corrected chi connectivity index (χ3v) is 2.91. The summed E-state index contributed by atoms with van der Waals surface area (Å²) in [5.74, 6) is 2.01. The zero-order valence-corrected chi connectivity index (χ0v) is 11.1. The molecule has 1 fully saturated rings. The summed E-state index contributed by atoms with van der Waals surface area (Å²) in [6, 6.07) is 0. The topological polar surface area (TPSA) is 9.72 Å². The molecule has 0 aromatic carbocycles. The van der Waals surface area contributed by atoms with Crippen LogP contribution in [-0.4, -0.2) is 74.1 Å². The lowest BCUT2D eigenvalue weighted by Gasteiger charge is -2.39. The van der Waals surface area contributed by atoms with Gasteiger partial charge in [-0.15, -0.1) is 34.8 Å². The molecule has 1 rings (SSSR count). The lowest BCUT2D eigenvalue weighted by atomic mass is 9.74. The molecule has 1 heterocycles. The molecular formula is C6H15B3Cl3N3. The minimum absolute atomic E-state index is 0.670. The van der Waals surface area contributed by atoms with Crippen molar-refractivity contribution in [1.82, 2.24) is 14.2 Å². The molecule has 1 aliphatic heterocycles. The Balaban J connectivity index is 2.40. The Morgan fingerprint density at radius 3 is 1.07 bits per heavy atom. The van der Waals surface area contributed by atoms with E-state index < -0.39 is 0 Å². The Bertz CT molecular complexity index is 144. The minimum Gasteiger partial charge on any atom is -0.362 e. The predicted molar refractivity (Wildman–Crippen MR) is 73.7 cm³/mol. The Labute approximate surface area is 109 Å². The SMILES string of the molecule is ClCCN1BN(CCCl)BN(CCCl)B1. The summed E-state index contributed by atoms with van der Waals surface area (Å²) in [6.07, 6.45) is 0. The lowest BCUT2D eigenvalue weighted by molar-refractivity contribution is 0.509. The summed E-state index contributed by atoms with van der Waals surface area (Å²) in [5.41, 5.74) is 0. The second kappa shape index (κ2) is 8.10. The molecule has 1 aliphatic rings. The normalized spacial score (nSPS) is 19.4. The maximum Gasteiger partial charge on any atom is 0.270 e. The van der Waals surface area contributed by atoms with Gasteiger partial charge in [0, 0.05) is 17.6 Å². The first-order valence-corrected chi connectivity index (χ1v) is 6.75. The molecule has 0 aliphatic carbocycles. The molecule has 0 bridgehead atoms. The molecular weight excluding hydrogens is 253 g/mol. The molecule has 84 valence electrons. The van der Waals surface area contributed by atoms with E-state index in [2.05, 4.69) is 14.2 Å². The van der Waals surface area contributed by atoms with Gasteiger partial charge < -0.3 is 14.2 Å². The van der Waals surface area contributed by atoms with E-state index in [1.807, 2.05) is 0 Å². The number of halogens is 3. The first-order valence-electron chi connectivity index (χ1n) is 5.15. The molecule has 0 unspecified atom stereocenters. The van der Waals surface area contributed by atoms with E-state index in [1.165, 1.54) is 0 Å². The van der Waals surface area contributed by atoms with Gasteiger partial charge in [0.25, 0.3) is 22.6 Å². The van der Waals surface area contributed by atoms with Crippen LogP contribution in [0.3, 0.4) is 0 Å². The van der Waals surface area contributed by atoms with Gasteiger partial charge in [0.2, 0.25) is 0 Å². The first-order chi connectivity index (χ1) is 7.30. The maximum absolute atomic E-state index is 5.75. The Kier molecular flexibility index (Phi) is 7.56. The van der Waals surface area contributed by atoms with Crippen LogP contribution >= 0.6 is 34.8 Å². The van der Waals surface area contributed by atoms with Crippen LogP contribution in [-0.2, 0) is 0 Å². The Hall–Kier alpha value is 0.945. The van der Waals surface area contributed by atoms with Crippen molar-refractivity contribution in [3.8, 4) is 0 Å². The van der Waals surface area contributed by atoms with Crippen molar-refractivity contribution in [2.24, 2.45) is 0 Å². The van der Waals surface area contributed by atoms with Gasteiger partial charge in [-0.05, 0) is 19.6 Å². The monoisotopic (exact) mass is 267 g/mol. The molecule has 0 aromatic heterocycles. The number of alkyl halides is 3. The van der Waals surface area contributed by atoms with E-state index in [0.29, 0.717) is 17.6 Å². The third-order valence-electron chi connectivity index (χ3n) is 2.40. The smallest absolute Gasteiger partial charge is 0.270 e. The molecule has 3 nitrogen and oxygen atoms in total. The summed E-state index contributed by atoms with van der Waals surface area (Å²) in [5, 5.41) is 0.